The molecule has 0 bridgehead atoms. The molecule has 2 aromatic rings. The Morgan fingerprint density at radius 3 is 1.78 bits per heavy atom. The minimum atomic E-state index is -0.483. The standard InChI is InChI=1S/C17H16Cl2N2O2/c1-10-5-3-6-11(2)16(10)20-14(22)9-15(23)21-17-12(18)7-4-8-13(17)19/h3-8H,9H2,1-2H3,(H,20,22)(H,21,23). The number of halogens is 2. The molecule has 2 N–H and O–H groups in total. The fourth-order valence-corrected chi connectivity index (χ4v) is 2.63. The van der Waals surface area contributed by atoms with Crippen molar-refractivity contribution in [2.75, 3.05) is 10.6 Å². The Hall–Kier alpha value is -2.04. The minimum Gasteiger partial charge on any atom is -0.325 e. The Morgan fingerprint density at radius 2 is 1.26 bits per heavy atom. The topological polar surface area (TPSA) is 58.2 Å². The van der Waals surface area contributed by atoms with Crippen LogP contribution in [0.5, 0.6) is 0 Å². The van der Waals surface area contributed by atoms with Crippen molar-refractivity contribution in [2.24, 2.45) is 0 Å². The third-order valence-corrected chi connectivity index (χ3v) is 3.92. The number of aryl methyl sites for hydroxylation is 2. The first-order valence-electron chi connectivity index (χ1n) is 6.98. The number of carbonyl (C=O) groups excluding carboxylic acids is 2. The van der Waals surface area contributed by atoms with Gasteiger partial charge in [0.15, 0.2) is 0 Å². The SMILES string of the molecule is Cc1cccc(C)c1NC(=O)CC(=O)Nc1c(Cl)cccc1Cl. The zero-order valence-electron chi connectivity index (χ0n) is 12.7. The molecule has 2 rings (SSSR count). The van der Waals surface area contributed by atoms with Gasteiger partial charge in [-0.25, -0.2) is 0 Å². The van der Waals surface area contributed by atoms with Crippen LogP contribution in [0.25, 0.3) is 0 Å². The van der Waals surface area contributed by atoms with E-state index in [0.29, 0.717) is 15.7 Å². The minimum absolute atomic E-state index is 0.306. The predicted molar refractivity (Wildman–Crippen MR) is 94.3 cm³/mol. The van der Waals surface area contributed by atoms with Crippen LogP contribution in [0, 0.1) is 13.8 Å². The quantitative estimate of drug-likeness (QED) is 0.793. The van der Waals surface area contributed by atoms with Crippen molar-refractivity contribution < 1.29 is 9.59 Å². The molecule has 0 fully saturated rings. The van der Waals surface area contributed by atoms with Gasteiger partial charge in [-0.05, 0) is 37.1 Å². The maximum atomic E-state index is 12.0. The van der Waals surface area contributed by atoms with E-state index in [1.165, 1.54) is 0 Å². The number of benzene rings is 2. The summed E-state index contributed by atoms with van der Waals surface area (Å²) in [6, 6.07) is 10.6. The van der Waals surface area contributed by atoms with Gasteiger partial charge in [-0.3, -0.25) is 9.59 Å². The third kappa shape index (κ3) is 4.47. The molecular formula is C17H16Cl2N2O2. The monoisotopic (exact) mass is 350 g/mol. The second-order valence-corrected chi connectivity index (χ2v) is 5.95. The summed E-state index contributed by atoms with van der Waals surface area (Å²) in [4.78, 5) is 24.0. The average Bonchev–Trinajstić information content (AvgIpc) is 2.47. The first-order chi connectivity index (χ1) is 10.9. The number of para-hydroxylation sites is 2. The number of nitrogens with one attached hydrogen (secondary N) is 2. The highest BCUT2D eigenvalue weighted by molar-refractivity contribution is 6.39. The van der Waals surface area contributed by atoms with Crippen molar-refractivity contribution in [1.82, 2.24) is 0 Å². The largest absolute Gasteiger partial charge is 0.325 e. The molecule has 0 saturated heterocycles. The van der Waals surface area contributed by atoms with Crippen LogP contribution in [-0.4, -0.2) is 11.8 Å². The first-order valence-corrected chi connectivity index (χ1v) is 7.74. The molecule has 0 heterocycles. The van der Waals surface area contributed by atoms with Gasteiger partial charge in [-0.1, -0.05) is 47.5 Å². The molecule has 2 amide bonds. The van der Waals surface area contributed by atoms with Crippen LogP contribution in [0.15, 0.2) is 36.4 Å². The molecule has 4 nitrogen and oxygen atoms in total. The molecular weight excluding hydrogens is 335 g/mol. The van der Waals surface area contributed by atoms with E-state index < -0.39 is 11.8 Å². The van der Waals surface area contributed by atoms with E-state index in [0.717, 1.165) is 16.8 Å². The highest BCUT2D eigenvalue weighted by atomic mass is 35.5. The molecule has 0 saturated carbocycles. The summed E-state index contributed by atoms with van der Waals surface area (Å²) >= 11 is 12.0. The number of anilines is 2. The maximum absolute atomic E-state index is 12.0. The average molecular weight is 351 g/mol. The molecule has 6 heteroatoms. The van der Waals surface area contributed by atoms with Gasteiger partial charge in [0.2, 0.25) is 11.8 Å². The highest BCUT2D eigenvalue weighted by Crippen LogP contribution is 2.29. The summed E-state index contributed by atoms with van der Waals surface area (Å²) in [7, 11) is 0. The van der Waals surface area contributed by atoms with Crippen LogP contribution in [0.4, 0.5) is 11.4 Å². The Labute approximate surface area is 144 Å². The number of carbonyl (C=O) groups is 2. The second-order valence-electron chi connectivity index (χ2n) is 5.14. The zero-order valence-corrected chi connectivity index (χ0v) is 14.3. The van der Waals surface area contributed by atoms with Crippen LogP contribution in [-0.2, 0) is 9.59 Å². The van der Waals surface area contributed by atoms with Crippen LogP contribution < -0.4 is 10.6 Å². The second kappa shape index (κ2) is 7.49. The van der Waals surface area contributed by atoms with Gasteiger partial charge in [0.25, 0.3) is 0 Å². The lowest BCUT2D eigenvalue weighted by atomic mass is 10.1. The third-order valence-electron chi connectivity index (χ3n) is 3.29. The normalized spacial score (nSPS) is 10.3. The smallest absolute Gasteiger partial charge is 0.233 e. The highest BCUT2D eigenvalue weighted by Gasteiger charge is 2.14. The van der Waals surface area contributed by atoms with Crippen molar-refractivity contribution in [1.29, 1.82) is 0 Å². The van der Waals surface area contributed by atoms with Crippen LogP contribution >= 0.6 is 23.2 Å². The van der Waals surface area contributed by atoms with Crippen molar-refractivity contribution >= 4 is 46.4 Å². The number of amides is 2. The predicted octanol–water partition coefficient (Wildman–Crippen LogP) is 4.58. The Kier molecular flexibility index (Phi) is 5.64. The van der Waals surface area contributed by atoms with E-state index >= 15 is 0 Å². The molecule has 0 aromatic heterocycles. The van der Waals surface area contributed by atoms with E-state index in [4.69, 9.17) is 23.2 Å². The van der Waals surface area contributed by atoms with Gasteiger partial charge in [-0.15, -0.1) is 0 Å². The van der Waals surface area contributed by atoms with Gasteiger partial charge < -0.3 is 10.6 Å². The summed E-state index contributed by atoms with van der Waals surface area (Å²) in [6.45, 7) is 3.79. The summed E-state index contributed by atoms with van der Waals surface area (Å²) in [5.41, 5.74) is 2.91. The van der Waals surface area contributed by atoms with Gasteiger partial charge in [0.05, 0.1) is 15.7 Å². The molecule has 0 aliphatic carbocycles. The Morgan fingerprint density at radius 1 is 0.826 bits per heavy atom. The van der Waals surface area contributed by atoms with Gasteiger partial charge in [-0.2, -0.15) is 0 Å². The Balaban J connectivity index is 2.02. The molecule has 120 valence electrons. The van der Waals surface area contributed by atoms with E-state index in [-0.39, 0.29) is 6.42 Å². The Bertz CT molecular complexity index is 656. The van der Waals surface area contributed by atoms with E-state index in [2.05, 4.69) is 10.6 Å². The lowest BCUT2D eigenvalue weighted by Gasteiger charge is -2.12. The van der Waals surface area contributed by atoms with Gasteiger partial charge in [0, 0.05) is 5.69 Å². The van der Waals surface area contributed by atoms with Crippen LogP contribution in [0.1, 0.15) is 17.5 Å². The number of hydrogen-bond donors (Lipinski definition) is 2. The summed E-state index contributed by atoms with van der Waals surface area (Å²) < 4.78 is 0. The first kappa shape index (κ1) is 17.3. The maximum Gasteiger partial charge on any atom is 0.233 e. The molecule has 23 heavy (non-hydrogen) atoms. The molecule has 0 aliphatic rings. The van der Waals surface area contributed by atoms with Gasteiger partial charge in [0.1, 0.15) is 6.42 Å². The molecule has 0 atom stereocenters. The van der Waals surface area contributed by atoms with Crippen molar-refractivity contribution in [2.45, 2.75) is 20.3 Å². The molecule has 0 aliphatic heterocycles. The fraction of sp³-hybridized carbons (Fsp3) is 0.176. The van der Waals surface area contributed by atoms with Crippen LogP contribution in [0.3, 0.4) is 0 Å². The summed E-state index contributed by atoms with van der Waals surface area (Å²) in [5, 5.41) is 5.96. The molecule has 2 aromatic carbocycles. The van der Waals surface area contributed by atoms with E-state index in [9.17, 15) is 9.59 Å². The number of hydrogen-bond acceptors (Lipinski definition) is 2. The van der Waals surface area contributed by atoms with Crippen molar-refractivity contribution in [3.8, 4) is 0 Å². The van der Waals surface area contributed by atoms with E-state index in [1.807, 2.05) is 32.0 Å². The zero-order chi connectivity index (χ0) is 17.0. The van der Waals surface area contributed by atoms with Crippen molar-refractivity contribution in [3.05, 3.63) is 57.6 Å². The fourth-order valence-electron chi connectivity index (χ4n) is 2.14. The molecule has 0 spiro atoms. The van der Waals surface area contributed by atoms with Crippen LogP contribution in [0.2, 0.25) is 10.0 Å². The van der Waals surface area contributed by atoms with Crippen molar-refractivity contribution in [3.63, 3.8) is 0 Å². The lowest BCUT2D eigenvalue weighted by Crippen LogP contribution is -2.22. The number of rotatable bonds is 4. The van der Waals surface area contributed by atoms with Gasteiger partial charge >= 0.3 is 0 Å². The molecule has 0 radical (unpaired) electrons. The van der Waals surface area contributed by atoms with E-state index in [1.54, 1.807) is 18.2 Å². The summed E-state index contributed by atoms with van der Waals surface area (Å²) in [6.07, 6.45) is -0.324. The lowest BCUT2D eigenvalue weighted by molar-refractivity contribution is -0.123. The molecule has 0 unspecified atom stereocenters. The summed E-state index contributed by atoms with van der Waals surface area (Å²) in [5.74, 6) is -0.883.